The van der Waals surface area contributed by atoms with Crippen LogP contribution in [0.1, 0.15) is 23.0 Å². The monoisotopic (exact) mass is 343 g/mol. The van der Waals surface area contributed by atoms with E-state index in [0.717, 1.165) is 39.3 Å². The Balaban J connectivity index is 1.44. The van der Waals surface area contributed by atoms with E-state index in [4.69, 9.17) is 4.74 Å². The van der Waals surface area contributed by atoms with Crippen molar-refractivity contribution in [1.82, 2.24) is 24.8 Å². The second kappa shape index (κ2) is 8.73. The molecule has 0 unspecified atom stereocenters. The lowest BCUT2D eigenvalue weighted by molar-refractivity contribution is 0.0509. The maximum absolute atomic E-state index is 11.9. The Kier molecular flexibility index (Phi) is 6.14. The molecule has 0 aliphatic carbocycles. The van der Waals surface area contributed by atoms with Crippen molar-refractivity contribution >= 4 is 5.97 Å². The second-order valence-electron chi connectivity index (χ2n) is 6.17. The first-order valence-corrected chi connectivity index (χ1v) is 8.80. The molecule has 1 aromatic carbocycles. The van der Waals surface area contributed by atoms with Crippen molar-refractivity contribution in [2.24, 2.45) is 0 Å². The predicted molar refractivity (Wildman–Crippen MR) is 94.1 cm³/mol. The molecule has 0 N–H and O–H groups in total. The number of rotatable bonds is 7. The molecular weight excluding hydrogens is 318 g/mol. The van der Waals surface area contributed by atoms with Crippen LogP contribution in [0.2, 0.25) is 0 Å². The molecule has 7 nitrogen and oxygen atoms in total. The molecule has 0 spiro atoms. The summed E-state index contributed by atoms with van der Waals surface area (Å²) in [6, 6.07) is 10.6. The largest absolute Gasteiger partial charge is 0.461 e. The van der Waals surface area contributed by atoms with Crippen LogP contribution in [0.25, 0.3) is 0 Å². The predicted octanol–water partition coefficient (Wildman–Crippen LogP) is 1.27. The van der Waals surface area contributed by atoms with Gasteiger partial charge in [-0.2, -0.15) is 0 Å². The van der Waals surface area contributed by atoms with Crippen LogP contribution in [-0.2, 0) is 17.8 Å². The zero-order chi connectivity index (χ0) is 17.5. The van der Waals surface area contributed by atoms with Gasteiger partial charge in [0.15, 0.2) is 5.69 Å². The van der Waals surface area contributed by atoms with Gasteiger partial charge in [-0.25, -0.2) is 9.48 Å². The Morgan fingerprint density at radius 1 is 1.08 bits per heavy atom. The van der Waals surface area contributed by atoms with Gasteiger partial charge in [-0.15, -0.1) is 5.10 Å². The molecule has 0 atom stereocenters. The first kappa shape index (κ1) is 17.6. The summed E-state index contributed by atoms with van der Waals surface area (Å²) in [5.41, 5.74) is 1.78. The van der Waals surface area contributed by atoms with Gasteiger partial charge in [0.2, 0.25) is 0 Å². The molecule has 2 aromatic rings. The SMILES string of the molecule is CCOC(=O)c1cnnn1CCN1CCN(Cc2ccccc2)CC1. The van der Waals surface area contributed by atoms with Crippen LogP contribution in [-0.4, -0.2) is 70.1 Å². The smallest absolute Gasteiger partial charge is 0.358 e. The number of hydrogen-bond donors (Lipinski definition) is 0. The summed E-state index contributed by atoms with van der Waals surface area (Å²) < 4.78 is 6.66. The molecule has 134 valence electrons. The number of piperazine rings is 1. The lowest BCUT2D eigenvalue weighted by Crippen LogP contribution is -2.46. The van der Waals surface area contributed by atoms with Crippen molar-refractivity contribution in [1.29, 1.82) is 0 Å². The number of carbonyl (C=O) groups is 1. The summed E-state index contributed by atoms with van der Waals surface area (Å²) in [6.07, 6.45) is 1.47. The van der Waals surface area contributed by atoms with Crippen LogP contribution in [0.3, 0.4) is 0 Å². The number of aromatic nitrogens is 3. The Labute approximate surface area is 148 Å². The van der Waals surface area contributed by atoms with Crippen molar-refractivity contribution in [3.05, 3.63) is 47.8 Å². The van der Waals surface area contributed by atoms with E-state index in [-0.39, 0.29) is 5.97 Å². The third-order valence-electron chi connectivity index (χ3n) is 4.44. The van der Waals surface area contributed by atoms with Crippen molar-refractivity contribution in [3.63, 3.8) is 0 Å². The highest BCUT2D eigenvalue weighted by atomic mass is 16.5. The molecule has 0 saturated carbocycles. The van der Waals surface area contributed by atoms with Gasteiger partial charge in [-0.05, 0) is 12.5 Å². The molecule has 1 aliphatic heterocycles. The first-order valence-electron chi connectivity index (χ1n) is 8.80. The van der Waals surface area contributed by atoms with E-state index in [9.17, 15) is 4.79 Å². The number of ether oxygens (including phenoxy) is 1. The van der Waals surface area contributed by atoms with Gasteiger partial charge >= 0.3 is 5.97 Å². The number of benzene rings is 1. The molecule has 0 amide bonds. The molecular formula is C18H25N5O2. The Morgan fingerprint density at radius 3 is 2.52 bits per heavy atom. The zero-order valence-corrected chi connectivity index (χ0v) is 14.7. The minimum Gasteiger partial charge on any atom is -0.461 e. The Morgan fingerprint density at radius 2 is 1.80 bits per heavy atom. The van der Waals surface area contributed by atoms with Crippen LogP contribution in [0.4, 0.5) is 0 Å². The van der Waals surface area contributed by atoms with E-state index in [0.29, 0.717) is 18.8 Å². The van der Waals surface area contributed by atoms with E-state index in [2.05, 4.69) is 50.4 Å². The van der Waals surface area contributed by atoms with Crippen LogP contribution < -0.4 is 0 Å². The molecule has 0 bridgehead atoms. The molecule has 2 heterocycles. The fraction of sp³-hybridized carbons (Fsp3) is 0.500. The van der Waals surface area contributed by atoms with Crippen molar-refractivity contribution in [3.8, 4) is 0 Å². The standard InChI is InChI=1S/C18H25N5O2/c1-2-25-18(24)17-14-19-20-23(17)13-12-21-8-10-22(11-9-21)15-16-6-4-3-5-7-16/h3-7,14H,2,8-13,15H2,1H3. The van der Waals surface area contributed by atoms with E-state index in [1.165, 1.54) is 11.8 Å². The van der Waals surface area contributed by atoms with Gasteiger partial charge in [0.1, 0.15) is 0 Å². The normalized spacial score (nSPS) is 16.0. The molecule has 0 radical (unpaired) electrons. The van der Waals surface area contributed by atoms with Crippen LogP contribution in [0.5, 0.6) is 0 Å². The lowest BCUT2D eigenvalue weighted by atomic mass is 10.2. The van der Waals surface area contributed by atoms with Crippen molar-refractivity contribution in [2.45, 2.75) is 20.0 Å². The van der Waals surface area contributed by atoms with Gasteiger partial charge in [-0.3, -0.25) is 9.80 Å². The molecule has 1 saturated heterocycles. The number of esters is 1. The molecule has 25 heavy (non-hydrogen) atoms. The maximum Gasteiger partial charge on any atom is 0.358 e. The average molecular weight is 343 g/mol. The number of hydrogen-bond acceptors (Lipinski definition) is 6. The van der Waals surface area contributed by atoms with Gasteiger partial charge in [0, 0.05) is 39.3 Å². The highest BCUT2D eigenvalue weighted by Crippen LogP contribution is 2.09. The maximum atomic E-state index is 11.9. The summed E-state index contributed by atoms with van der Waals surface area (Å²) in [5.74, 6) is -0.361. The van der Waals surface area contributed by atoms with Gasteiger partial charge < -0.3 is 4.74 Å². The molecule has 7 heteroatoms. The van der Waals surface area contributed by atoms with Gasteiger partial charge in [0.05, 0.1) is 19.3 Å². The van der Waals surface area contributed by atoms with Crippen LogP contribution in [0.15, 0.2) is 36.5 Å². The summed E-state index contributed by atoms with van der Waals surface area (Å²) in [6.45, 7) is 8.81. The summed E-state index contributed by atoms with van der Waals surface area (Å²) in [7, 11) is 0. The van der Waals surface area contributed by atoms with Gasteiger partial charge in [-0.1, -0.05) is 35.5 Å². The zero-order valence-electron chi connectivity index (χ0n) is 14.7. The third kappa shape index (κ3) is 4.87. The van der Waals surface area contributed by atoms with E-state index < -0.39 is 0 Å². The first-order chi connectivity index (χ1) is 12.3. The average Bonchev–Trinajstić information content (AvgIpc) is 3.11. The molecule has 1 aliphatic rings. The molecule has 1 aromatic heterocycles. The minimum atomic E-state index is -0.361. The fourth-order valence-electron chi connectivity index (χ4n) is 3.03. The third-order valence-corrected chi connectivity index (χ3v) is 4.44. The van der Waals surface area contributed by atoms with E-state index >= 15 is 0 Å². The van der Waals surface area contributed by atoms with Crippen LogP contribution in [0, 0.1) is 0 Å². The highest BCUT2D eigenvalue weighted by molar-refractivity contribution is 5.87. The second-order valence-corrected chi connectivity index (χ2v) is 6.17. The minimum absolute atomic E-state index is 0.355. The quantitative estimate of drug-likeness (QED) is 0.706. The molecule has 1 fully saturated rings. The van der Waals surface area contributed by atoms with Crippen molar-refractivity contribution < 1.29 is 9.53 Å². The van der Waals surface area contributed by atoms with E-state index in [1.807, 2.05) is 0 Å². The van der Waals surface area contributed by atoms with Crippen LogP contribution >= 0.6 is 0 Å². The fourth-order valence-corrected chi connectivity index (χ4v) is 3.03. The highest BCUT2D eigenvalue weighted by Gasteiger charge is 2.19. The van der Waals surface area contributed by atoms with Gasteiger partial charge in [0.25, 0.3) is 0 Å². The number of nitrogens with zero attached hydrogens (tertiary/aromatic N) is 5. The number of carbonyl (C=O) groups excluding carboxylic acids is 1. The summed E-state index contributed by atoms with van der Waals surface area (Å²) in [5, 5.41) is 7.84. The van der Waals surface area contributed by atoms with E-state index in [1.54, 1.807) is 11.6 Å². The lowest BCUT2D eigenvalue weighted by Gasteiger charge is -2.34. The van der Waals surface area contributed by atoms with Crippen molar-refractivity contribution in [2.75, 3.05) is 39.3 Å². The summed E-state index contributed by atoms with van der Waals surface area (Å²) in [4.78, 5) is 16.7. The summed E-state index contributed by atoms with van der Waals surface area (Å²) >= 11 is 0. The Bertz CT molecular complexity index is 665. The topological polar surface area (TPSA) is 63.5 Å². The molecule has 3 rings (SSSR count). The Hall–Kier alpha value is -2.25.